The second-order valence-corrected chi connectivity index (χ2v) is 6.86. The Hall–Kier alpha value is -2.03. The molecule has 9 heteroatoms. The number of alkyl halides is 3. The molecule has 136 valence electrons. The van der Waals surface area contributed by atoms with Crippen LogP contribution in [0.25, 0.3) is 0 Å². The molecule has 1 aromatic heterocycles. The molecule has 5 nitrogen and oxygen atoms in total. The van der Waals surface area contributed by atoms with Crippen molar-refractivity contribution in [2.24, 2.45) is 0 Å². The summed E-state index contributed by atoms with van der Waals surface area (Å²) in [6, 6.07) is 9.83. The van der Waals surface area contributed by atoms with E-state index in [1.165, 1.54) is 6.92 Å². The van der Waals surface area contributed by atoms with Gasteiger partial charge < -0.3 is 9.73 Å². The monoisotopic (exact) mass is 373 g/mol. The van der Waals surface area contributed by atoms with Gasteiger partial charge in [-0.25, -0.2) is 0 Å². The third kappa shape index (κ3) is 6.41. The van der Waals surface area contributed by atoms with Crippen molar-refractivity contribution >= 4 is 17.7 Å². The van der Waals surface area contributed by atoms with E-state index >= 15 is 0 Å². The molecule has 2 unspecified atom stereocenters. The molecule has 2 rings (SSSR count). The zero-order valence-corrected chi connectivity index (χ0v) is 14.5. The maximum atomic E-state index is 12.1. The van der Waals surface area contributed by atoms with Crippen LogP contribution in [-0.2, 0) is 11.2 Å². The van der Waals surface area contributed by atoms with Crippen molar-refractivity contribution in [3.8, 4) is 0 Å². The molecule has 0 aliphatic carbocycles. The molecule has 0 bridgehead atoms. The van der Waals surface area contributed by atoms with Crippen LogP contribution in [0.2, 0.25) is 0 Å². The first-order valence-corrected chi connectivity index (χ1v) is 8.51. The largest absolute Gasteiger partial charge is 0.416 e. The number of carbonyl (C=O) groups is 1. The number of nitrogens with one attached hydrogen (secondary N) is 1. The van der Waals surface area contributed by atoms with E-state index in [-0.39, 0.29) is 11.1 Å². The van der Waals surface area contributed by atoms with Crippen LogP contribution in [-0.4, -0.2) is 34.1 Å². The summed E-state index contributed by atoms with van der Waals surface area (Å²) in [7, 11) is 0. The number of nitrogens with zero attached hydrogens (tertiary/aromatic N) is 2. The molecule has 0 spiro atoms. The zero-order valence-electron chi connectivity index (χ0n) is 13.7. The minimum absolute atomic E-state index is 0.157. The normalized spacial score (nSPS) is 14.1. The summed E-state index contributed by atoms with van der Waals surface area (Å²) in [5, 5.41) is 8.98. The van der Waals surface area contributed by atoms with Gasteiger partial charge in [0.2, 0.25) is 11.8 Å². The van der Waals surface area contributed by atoms with Gasteiger partial charge in [-0.1, -0.05) is 49.0 Å². The molecule has 1 N–H and O–H groups in total. The van der Waals surface area contributed by atoms with E-state index in [9.17, 15) is 18.0 Å². The highest BCUT2D eigenvalue weighted by atomic mass is 32.2. The molecule has 1 amide bonds. The molecule has 25 heavy (non-hydrogen) atoms. The number of halogens is 3. The minimum Gasteiger partial charge on any atom is -0.416 e. The number of carbonyl (C=O) groups excluding carboxylic acids is 1. The number of amides is 1. The van der Waals surface area contributed by atoms with Crippen LogP contribution in [0.1, 0.15) is 31.2 Å². The molecule has 0 radical (unpaired) electrons. The van der Waals surface area contributed by atoms with Gasteiger partial charge in [-0.05, 0) is 18.4 Å². The number of thioether (sulfide) groups is 1. The number of hydrogen-bond donors (Lipinski definition) is 1. The number of hydrogen-bond acceptors (Lipinski definition) is 5. The molecule has 0 aliphatic rings. The molecule has 2 aromatic rings. The Morgan fingerprint density at radius 2 is 1.92 bits per heavy atom. The lowest BCUT2D eigenvalue weighted by Crippen LogP contribution is -2.37. The highest BCUT2D eigenvalue weighted by molar-refractivity contribution is 8.00. The summed E-state index contributed by atoms with van der Waals surface area (Å²) < 4.78 is 41.8. The lowest BCUT2D eigenvalue weighted by molar-refractivity contribution is -0.137. The van der Waals surface area contributed by atoms with E-state index in [0.29, 0.717) is 12.3 Å². The molecule has 0 aliphatic heterocycles. The summed E-state index contributed by atoms with van der Waals surface area (Å²) in [6.45, 7) is 2.15. The maximum absolute atomic E-state index is 12.1. The quantitative estimate of drug-likeness (QED) is 0.752. The highest BCUT2D eigenvalue weighted by Gasteiger charge is 2.29. The smallest absolute Gasteiger partial charge is 0.405 e. The first-order valence-electron chi connectivity index (χ1n) is 7.63. The summed E-state index contributed by atoms with van der Waals surface area (Å²) in [4.78, 5) is 11.6. The van der Waals surface area contributed by atoms with E-state index < -0.39 is 23.9 Å². The number of aromatic nitrogens is 2. The van der Waals surface area contributed by atoms with Gasteiger partial charge in [-0.3, -0.25) is 4.79 Å². The summed E-state index contributed by atoms with van der Waals surface area (Å²) in [6.07, 6.45) is -3.91. The Kier molecular flexibility index (Phi) is 6.46. The molecule has 0 fully saturated rings. The molecule has 1 heterocycles. The second-order valence-electron chi connectivity index (χ2n) is 5.57. The van der Waals surface area contributed by atoms with Gasteiger partial charge in [-0.2, -0.15) is 13.2 Å². The average molecular weight is 373 g/mol. The minimum atomic E-state index is -4.44. The number of benzene rings is 1. The fourth-order valence-electron chi connectivity index (χ4n) is 2.07. The highest BCUT2D eigenvalue weighted by Crippen LogP contribution is 2.25. The van der Waals surface area contributed by atoms with Crippen molar-refractivity contribution in [1.82, 2.24) is 15.5 Å². The Balaban J connectivity index is 1.87. The second kappa shape index (κ2) is 8.37. The van der Waals surface area contributed by atoms with Crippen molar-refractivity contribution in [3.05, 3.63) is 41.8 Å². The van der Waals surface area contributed by atoms with Crippen LogP contribution < -0.4 is 5.32 Å². The van der Waals surface area contributed by atoms with E-state index in [0.717, 1.165) is 17.3 Å². The topological polar surface area (TPSA) is 68.0 Å². The fourth-order valence-corrected chi connectivity index (χ4v) is 2.79. The van der Waals surface area contributed by atoms with E-state index in [4.69, 9.17) is 4.42 Å². The van der Waals surface area contributed by atoms with Crippen molar-refractivity contribution in [2.75, 3.05) is 6.54 Å². The van der Waals surface area contributed by atoms with E-state index in [1.54, 1.807) is 0 Å². The Bertz CT molecular complexity index is 691. The zero-order chi connectivity index (χ0) is 18.4. The third-order valence-electron chi connectivity index (χ3n) is 3.41. The van der Waals surface area contributed by atoms with Crippen LogP contribution in [0.3, 0.4) is 0 Å². The van der Waals surface area contributed by atoms with E-state index in [2.05, 4.69) is 10.2 Å². The van der Waals surface area contributed by atoms with Crippen LogP contribution >= 0.6 is 11.8 Å². The van der Waals surface area contributed by atoms with Gasteiger partial charge in [0.15, 0.2) is 0 Å². The molecule has 0 saturated carbocycles. The lowest BCUT2D eigenvalue weighted by Gasteiger charge is -2.11. The summed E-state index contributed by atoms with van der Waals surface area (Å²) in [5.74, 6) is -0.145. The van der Waals surface area contributed by atoms with Gasteiger partial charge in [0, 0.05) is 6.42 Å². The summed E-state index contributed by atoms with van der Waals surface area (Å²) >= 11 is 0.926. The molecular formula is C16H18F3N3O2S. The molecule has 1 aromatic carbocycles. The van der Waals surface area contributed by atoms with Gasteiger partial charge >= 0.3 is 6.18 Å². The van der Waals surface area contributed by atoms with Gasteiger partial charge in [-0.15, -0.1) is 10.2 Å². The average Bonchev–Trinajstić information content (AvgIpc) is 2.99. The Labute approximate surface area is 147 Å². The standard InChI is InChI=1S/C16H18F3N3O2S/c1-10(12-6-4-3-5-7-12)8-13-21-22-15(24-13)25-11(2)14(23)20-9-16(17,18)19/h3-7,10-11H,8-9H2,1-2H3,(H,20,23). The molecular weight excluding hydrogens is 355 g/mol. The van der Waals surface area contributed by atoms with Crippen LogP contribution in [0.5, 0.6) is 0 Å². The van der Waals surface area contributed by atoms with Crippen molar-refractivity contribution < 1.29 is 22.4 Å². The summed E-state index contributed by atoms with van der Waals surface area (Å²) in [5.41, 5.74) is 1.13. The van der Waals surface area contributed by atoms with Crippen LogP contribution in [0.15, 0.2) is 40.0 Å². The van der Waals surface area contributed by atoms with Crippen LogP contribution in [0, 0.1) is 0 Å². The molecule has 2 atom stereocenters. The van der Waals surface area contributed by atoms with Gasteiger partial charge in [0.05, 0.1) is 5.25 Å². The Morgan fingerprint density at radius 3 is 2.56 bits per heavy atom. The van der Waals surface area contributed by atoms with Crippen LogP contribution in [0.4, 0.5) is 13.2 Å². The fraction of sp³-hybridized carbons (Fsp3) is 0.438. The van der Waals surface area contributed by atoms with Gasteiger partial charge in [0.1, 0.15) is 6.54 Å². The molecule has 0 saturated heterocycles. The van der Waals surface area contributed by atoms with Crippen molar-refractivity contribution in [1.29, 1.82) is 0 Å². The first kappa shape index (κ1) is 19.3. The van der Waals surface area contributed by atoms with E-state index in [1.807, 2.05) is 42.6 Å². The first-order chi connectivity index (χ1) is 11.7. The van der Waals surface area contributed by atoms with Crippen molar-refractivity contribution in [2.45, 2.75) is 42.8 Å². The lowest BCUT2D eigenvalue weighted by atomic mass is 9.98. The number of rotatable bonds is 7. The Morgan fingerprint density at radius 1 is 1.24 bits per heavy atom. The third-order valence-corrected chi connectivity index (χ3v) is 4.34. The SMILES string of the molecule is CC(Sc1nnc(CC(C)c2ccccc2)o1)C(=O)NCC(F)(F)F. The predicted molar refractivity (Wildman–Crippen MR) is 87.2 cm³/mol. The predicted octanol–water partition coefficient (Wildman–Crippen LogP) is 3.57. The maximum Gasteiger partial charge on any atom is 0.405 e. The van der Waals surface area contributed by atoms with Gasteiger partial charge in [0.25, 0.3) is 5.22 Å². The van der Waals surface area contributed by atoms with Crippen molar-refractivity contribution in [3.63, 3.8) is 0 Å².